The van der Waals surface area contributed by atoms with Crippen LogP contribution < -0.4 is 5.32 Å². The van der Waals surface area contributed by atoms with Crippen LogP contribution in [-0.4, -0.2) is 15.0 Å². The first kappa shape index (κ1) is 14.1. The van der Waals surface area contributed by atoms with Crippen LogP contribution in [0.1, 0.15) is 62.1 Å². The standard InChI is InChI=1S/C14H20N4S/c1-9(2)14-18-13(8-19-14)11(4)17-10(3)12-7-15-5-6-16-12/h5-11,17H,1-4H3. The molecule has 1 N–H and O–H groups in total. The quantitative estimate of drug-likeness (QED) is 0.908. The highest BCUT2D eigenvalue weighted by molar-refractivity contribution is 7.09. The highest BCUT2D eigenvalue weighted by Gasteiger charge is 2.15. The van der Waals surface area contributed by atoms with Gasteiger partial charge in [0.2, 0.25) is 0 Å². The van der Waals surface area contributed by atoms with Gasteiger partial charge in [0.05, 0.1) is 16.4 Å². The molecule has 2 atom stereocenters. The number of hydrogen-bond acceptors (Lipinski definition) is 5. The molecule has 0 amide bonds. The molecular formula is C14H20N4S. The molecule has 0 aliphatic heterocycles. The molecule has 19 heavy (non-hydrogen) atoms. The van der Waals surface area contributed by atoms with Crippen LogP contribution in [0.4, 0.5) is 0 Å². The summed E-state index contributed by atoms with van der Waals surface area (Å²) in [6, 6.07) is 0.369. The van der Waals surface area contributed by atoms with Gasteiger partial charge >= 0.3 is 0 Å². The summed E-state index contributed by atoms with van der Waals surface area (Å²) >= 11 is 1.73. The summed E-state index contributed by atoms with van der Waals surface area (Å²) in [6.45, 7) is 8.56. The second-order valence-corrected chi connectivity index (χ2v) is 5.90. The van der Waals surface area contributed by atoms with E-state index in [1.807, 2.05) is 0 Å². The molecule has 4 nitrogen and oxygen atoms in total. The Morgan fingerprint density at radius 2 is 1.79 bits per heavy atom. The van der Waals surface area contributed by atoms with Crippen LogP contribution in [0.25, 0.3) is 0 Å². The molecule has 2 rings (SSSR count). The van der Waals surface area contributed by atoms with Crippen molar-refractivity contribution in [3.63, 3.8) is 0 Å². The smallest absolute Gasteiger partial charge is 0.0954 e. The first-order valence-corrected chi connectivity index (χ1v) is 7.43. The summed E-state index contributed by atoms with van der Waals surface area (Å²) in [4.78, 5) is 13.1. The zero-order chi connectivity index (χ0) is 13.8. The van der Waals surface area contributed by atoms with Crippen molar-refractivity contribution >= 4 is 11.3 Å². The van der Waals surface area contributed by atoms with Gasteiger partial charge in [0, 0.05) is 42.0 Å². The molecule has 0 saturated carbocycles. The summed E-state index contributed by atoms with van der Waals surface area (Å²) in [6.07, 6.45) is 5.21. The monoisotopic (exact) mass is 276 g/mol. The first-order valence-electron chi connectivity index (χ1n) is 6.55. The van der Waals surface area contributed by atoms with Gasteiger partial charge in [-0.3, -0.25) is 9.97 Å². The lowest BCUT2D eigenvalue weighted by Crippen LogP contribution is -2.23. The van der Waals surface area contributed by atoms with Gasteiger partial charge in [-0.2, -0.15) is 0 Å². The van der Waals surface area contributed by atoms with Gasteiger partial charge in [-0.25, -0.2) is 4.98 Å². The molecule has 0 aliphatic carbocycles. The van der Waals surface area contributed by atoms with E-state index in [0.717, 1.165) is 11.4 Å². The van der Waals surface area contributed by atoms with Crippen molar-refractivity contribution in [1.82, 2.24) is 20.3 Å². The van der Waals surface area contributed by atoms with Gasteiger partial charge in [-0.15, -0.1) is 11.3 Å². The lowest BCUT2D eigenvalue weighted by Gasteiger charge is -2.17. The van der Waals surface area contributed by atoms with Crippen molar-refractivity contribution in [2.75, 3.05) is 0 Å². The molecule has 0 aliphatic rings. The van der Waals surface area contributed by atoms with E-state index < -0.39 is 0 Å². The van der Waals surface area contributed by atoms with Crippen LogP contribution in [-0.2, 0) is 0 Å². The van der Waals surface area contributed by atoms with Crippen molar-refractivity contribution in [2.45, 2.75) is 45.7 Å². The van der Waals surface area contributed by atoms with Gasteiger partial charge in [-0.1, -0.05) is 13.8 Å². The summed E-state index contributed by atoms with van der Waals surface area (Å²) in [7, 11) is 0. The summed E-state index contributed by atoms with van der Waals surface area (Å²) < 4.78 is 0. The van der Waals surface area contributed by atoms with Gasteiger partial charge in [0.15, 0.2) is 0 Å². The number of nitrogens with zero attached hydrogens (tertiary/aromatic N) is 3. The Balaban J connectivity index is 2.02. The third-order valence-corrected chi connectivity index (χ3v) is 4.17. The third kappa shape index (κ3) is 3.58. The zero-order valence-corrected chi connectivity index (χ0v) is 12.6. The lowest BCUT2D eigenvalue weighted by atomic mass is 10.2. The van der Waals surface area contributed by atoms with Crippen molar-refractivity contribution < 1.29 is 0 Å². The number of nitrogens with one attached hydrogen (secondary N) is 1. The van der Waals surface area contributed by atoms with Crippen LogP contribution in [0.3, 0.4) is 0 Å². The average Bonchev–Trinajstić information content (AvgIpc) is 2.89. The molecule has 0 radical (unpaired) electrons. The van der Waals surface area contributed by atoms with Crippen molar-refractivity contribution in [3.8, 4) is 0 Å². The zero-order valence-electron chi connectivity index (χ0n) is 11.8. The van der Waals surface area contributed by atoms with E-state index in [-0.39, 0.29) is 12.1 Å². The predicted octanol–water partition coefficient (Wildman–Crippen LogP) is 3.47. The SMILES string of the molecule is CC(C)c1nc(C(C)NC(C)c2cnccn2)cs1. The number of hydrogen-bond donors (Lipinski definition) is 1. The minimum absolute atomic E-state index is 0.160. The molecule has 5 heteroatoms. The Morgan fingerprint density at radius 3 is 2.37 bits per heavy atom. The Kier molecular flexibility index (Phi) is 4.61. The molecule has 102 valence electrons. The first-order chi connectivity index (χ1) is 9.08. The highest BCUT2D eigenvalue weighted by atomic mass is 32.1. The maximum atomic E-state index is 4.68. The van der Waals surface area contributed by atoms with E-state index in [1.54, 1.807) is 29.9 Å². The van der Waals surface area contributed by atoms with Crippen LogP contribution in [0, 0.1) is 0 Å². The highest BCUT2D eigenvalue weighted by Crippen LogP contribution is 2.24. The van der Waals surface area contributed by atoms with Crippen molar-refractivity contribution in [1.29, 1.82) is 0 Å². The van der Waals surface area contributed by atoms with E-state index in [2.05, 4.69) is 53.3 Å². The maximum Gasteiger partial charge on any atom is 0.0954 e. The van der Waals surface area contributed by atoms with Crippen molar-refractivity contribution in [3.05, 3.63) is 40.4 Å². The average molecular weight is 276 g/mol. The molecule has 0 aromatic carbocycles. The van der Waals surface area contributed by atoms with Gasteiger partial charge in [0.1, 0.15) is 0 Å². The predicted molar refractivity (Wildman–Crippen MR) is 78.2 cm³/mol. The summed E-state index contributed by atoms with van der Waals surface area (Å²) in [5.74, 6) is 0.489. The third-order valence-electron chi connectivity index (χ3n) is 3.00. The fourth-order valence-electron chi connectivity index (χ4n) is 1.84. The van der Waals surface area contributed by atoms with Crippen molar-refractivity contribution in [2.24, 2.45) is 0 Å². The van der Waals surface area contributed by atoms with Crippen LogP contribution in [0.2, 0.25) is 0 Å². The fourth-order valence-corrected chi connectivity index (χ4v) is 2.77. The molecule has 2 heterocycles. The Bertz CT molecular complexity index is 509. The Morgan fingerprint density at radius 1 is 1.05 bits per heavy atom. The second-order valence-electron chi connectivity index (χ2n) is 5.01. The van der Waals surface area contributed by atoms with E-state index in [4.69, 9.17) is 0 Å². The van der Waals surface area contributed by atoms with Gasteiger partial charge < -0.3 is 5.32 Å². The molecule has 0 spiro atoms. The normalized spacial score (nSPS) is 14.6. The lowest BCUT2D eigenvalue weighted by molar-refractivity contribution is 0.478. The maximum absolute atomic E-state index is 4.68. The summed E-state index contributed by atoms with van der Waals surface area (Å²) in [5.41, 5.74) is 2.05. The van der Waals surface area contributed by atoms with E-state index in [1.165, 1.54) is 5.01 Å². The van der Waals surface area contributed by atoms with E-state index >= 15 is 0 Å². The fraction of sp³-hybridized carbons (Fsp3) is 0.500. The number of aromatic nitrogens is 3. The Labute approximate surface area is 118 Å². The summed E-state index contributed by atoms with van der Waals surface area (Å²) in [5, 5.41) is 6.83. The molecule has 0 bridgehead atoms. The Hall–Kier alpha value is -1.33. The van der Waals surface area contributed by atoms with E-state index in [9.17, 15) is 0 Å². The van der Waals surface area contributed by atoms with Crippen LogP contribution >= 0.6 is 11.3 Å². The van der Waals surface area contributed by atoms with Crippen LogP contribution in [0.5, 0.6) is 0 Å². The molecular weight excluding hydrogens is 256 g/mol. The molecule has 2 aromatic rings. The van der Waals surface area contributed by atoms with E-state index in [0.29, 0.717) is 5.92 Å². The van der Waals surface area contributed by atoms with Gasteiger partial charge in [-0.05, 0) is 13.8 Å². The largest absolute Gasteiger partial charge is 0.301 e. The topological polar surface area (TPSA) is 50.7 Å². The second kappa shape index (κ2) is 6.21. The molecule has 0 saturated heterocycles. The minimum Gasteiger partial charge on any atom is -0.301 e. The molecule has 2 aromatic heterocycles. The van der Waals surface area contributed by atoms with Crippen LogP contribution in [0.15, 0.2) is 24.0 Å². The minimum atomic E-state index is 0.160. The molecule has 0 fully saturated rings. The number of thiazole rings is 1. The molecule has 2 unspecified atom stereocenters. The number of rotatable bonds is 5. The van der Waals surface area contributed by atoms with Gasteiger partial charge in [0.25, 0.3) is 0 Å².